The van der Waals surface area contributed by atoms with E-state index >= 15 is 0 Å². The quantitative estimate of drug-likeness (QED) is 0.740. The fraction of sp³-hybridized carbons (Fsp3) is 0.312. The summed E-state index contributed by atoms with van der Waals surface area (Å²) in [6.45, 7) is 1.40. The number of para-hydroxylation sites is 1. The molecule has 2 aromatic heterocycles. The molecule has 112 valence electrons. The summed E-state index contributed by atoms with van der Waals surface area (Å²) in [5.74, 6) is 1.93. The Morgan fingerprint density at radius 2 is 2.14 bits per heavy atom. The van der Waals surface area contributed by atoms with Crippen LogP contribution in [0.25, 0.3) is 22.4 Å². The summed E-state index contributed by atoms with van der Waals surface area (Å²) in [7, 11) is 1.59. The Hall–Kier alpha value is -2.47. The van der Waals surface area contributed by atoms with Gasteiger partial charge in [0.2, 0.25) is 5.88 Å². The summed E-state index contributed by atoms with van der Waals surface area (Å²) < 4.78 is 16.1. The maximum absolute atomic E-state index is 5.47. The molecule has 1 atom stereocenters. The lowest BCUT2D eigenvalue weighted by Crippen LogP contribution is -1.99. The minimum Gasteiger partial charge on any atom is -0.481 e. The summed E-state index contributed by atoms with van der Waals surface area (Å²) in [4.78, 5) is 8.98. The first-order valence-electron chi connectivity index (χ1n) is 7.20. The molecule has 1 aliphatic rings. The maximum Gasteiger partial charge on any atom is 0.258 e. The maximum atomic E-state index is 5.47. The highest BCUT2D eigenvalue weighted by molar-refractivity contribution is 5.92. The van der Waals surface area contributed by atoms with Crippen LogP contribution >= 0.6 is 0 Å². The van der Waals surface area contributed by atoms with Crippen LogP contribution in [-0.2, 0) is 4.74 Å². The molecule has 1 saturated heterocycles. The van der Waals surface area contributed by atoms with Crippen LogP contribution in [0.1, 0.15) is 18.2 Å². The number of benzene rings is 1. The Morgan fingerprint density at radius 3 is 2.95 bits per heavy atom. The Balaban J connectivity index is 1.82. The third-order valence-corrected chi connectivity index (χ3v) is 3.87. The minimum atomic E-state index is 0.215. The lowest BCUT2D eigenvalue weighted by Gasteiger charge is -2.05. The molecular formula is C16H15N3O3. The van der Waals surface area contributed by atoms with Gasteiger partial charge < -0.3 is 14.0 Å². The van der Waals surface area contributed by atoms with Gasteiger partial charge in [0.05, 0.1) is 24.8 Å². The van der Waals surface area contributed by atoms with E-state index in [0.717, 1.165) is 29.5 Å². The Kier molecular flexibility index (Phi) is 3.23. The van der Waals surface area contributed by atoms with Crippen LogP contribution in [0, 0.1) is 0 Å². The first-order chi connectivity index (χ1) is 10.8. The SMILES string of the molecule is COc1cc(-c2nc([C@@H]3CCOC3)no2)c2ccccc2n1. The van der Waals surface area contributed by atoms with Gasteiger partial charge in [-0.3, -0.25) is 0 Å². The normalized spacial score (nSPS) is 18.0. The van der Waals surface area contributed by atoms with E-state index in [0.29, 0.717) is 24.2 Å². The van der Waals surface area contributed by atoms with E-state index in [4.69, 9.17) is 14.0 Å². The molecule has 0 saturated carbocycles. The van der Waals surface area contributed by atoms with Crippen LogP contribution < -0.4 is 4.74 Å². The molecule has 0 aliphatic carbocycles. The smallest absolute Gasteiger partial charge is 0.258 e. The predicted molar refractivity (Wildman–Crippen MR) is 79.8 cm³/mol. The molecule has 6 nitrogen and oxygen atoms in total. The van der Waals surface area contributed by atoms with Crippen LogP contribution in [-0.4, -0.2) is 35.4 Å². The second-order valence-corrected chi connectivity index (χ2v) is 5.25. The highest BCUT2D eigenvalue weighted by Crippen LogP contribution is 2.31. The Morgan fingerprint density at radius 1 is 1.23 bits per heavy atom. The number of rotatable bonds is 3. The molecule has 0 radical (unpaired) electrons. The largest absolute Gasteiger partial charge is 0.481 e. The predicted octanol–water partition coefficient (Wildman–Crippen LogP) is 2.80. The number of methoxy groups -OCH3 is 1. The average molecular weight is 297 g/mol. The lowest BCUT2D eigenvalue weighted by atomic mass is 10.1. The monoisotopic (exact) mass is 297 g/mol. The number of nitrogens with zero attached hydrogens (tertiary/aromatic N) is 3. The Labute approximate surface area is 127 Å². The molecule has 1 aromatic carbocycles. The molecule has 1 aliphatic heterocycles. The van der Waals surface area contributed by atoms with E-state index in [1.165, 1.54) is 0 Å². The molecule has 0 unspecified atom stereocenters. The molecule has 3 aromatic rings. The molecule has 3 heterocycles. The number of pyridine rings is 1. The summed E-state index contributed by atoms with van der Waals surface area (Å²) in [5.41, 5.74) is 1.67. The van der Waals surface area contributed by atoms with Gasteiger partial charge in [0.25, 0.3) is 5.89 Å². The average Bonchev–Trinajstić information content (AvgIpc) is 3.24. The molecule has 0 N–H and O–H groups in total. The number of aromatic nitrogens is 3. The fourth-order valence-electron chi connectivity index (χ4n) is 2.68. The third kappa shape index (κ3) is 2.21. The van der Waals surface area contributed by atoms with Gasteiger partial charge >= 0.3 is 0 Å². The minimum absolute atomic E-state index is 0.215. The van der Waals surface area contributed by atoms with Crippen molar-refractivity contribution in [1.82, 2.24) is 15.1 Å². The zero-order chi connectivity index (χ0) is 14.9. The summed E-state index contributed by atoms with van der Waals surface area (Å²) >= 11 is 0. The Bertz CT molecular complexity index is 809. The molecule has 22 heavy (non-hydrogen) atoms. The number of ether oxygens (including phenoxy) is 2. The first kappa shape index (κ1) is 13.2. The van der Waals surface area contributed by atoms with Gasteiger partial charge in [-0.05, 0) is 12.5 Å². The van der Waals surface area contributed by atoms with Crippen LogP contribution in [0.15, 0.2) is 34.9 Å². The van der Waals surface area contributed by atoms with Crippen molar-refractivity contribution in [1.29, 1.82) is 0 Å². The first-order valence-corrected chi connectivity index (χ1v) is 7.20. The number of hydrogen-bond acceptors (Lipinski definition) is 6. The molecular weight excluding hydrogens is 282 g/mol. The molecule has 1 fully saturated rings. The van der Waals surface area contributed by atoms with Crippen molar-refractivity contribution in [2.24, 2.45) is 0 Å². The van der Waals surface area contributed by atoms with E-state index in [-0.39, 0.29) is 5.92 Å². The molecule has 0 bridgehead atoms. The molecule has 4 rings (SSSR count). The van der Waals surface area contributed by atoms with Crippen LogP contribution in [0.4, 0.5) is 0 Å². The van der Waals surface area contributed by atoms with E-state index in [2.05, 4.69) is 15.1 Å². The van der Waals surface area contributed by atoms with Crippen molar-refractivity contribution >= 4 is 10.9 Å². The van der Waals surface area contributed by atoms with Gasteiger partial charge in [0.1, 0.15) is 0 Å². The summed E-state index contributed by atoms with van der Waals surface area (Å²) in [5, 5.41) is 5.07. The fourth-order valence-corrected chi connectivity index (χ4v) is 2.68. The standard InChI is InChI=1S/C16H15N3O3/c1-20-14-8-12(11-4-2-3-5-13(11)17-14)16-18-15(19-22-16)10-6-7-21-9-10/h2-5,8,10H,6-7,9H2,1H3/t10-/m1/s1. The molecule has 0 spiro atoms. The van der Waals surface area contributed by atoms with Gasteiger partial charge in [0.15, 0.2) is 5.82 Å². The van der Waals surface area contributed by atoms with Crippen LogP contribution in [0.3, 0.4) is 0 Å². The highest BCUT2D eigenvalue weighted by Gasteiger charge is 2.24. The van der Waals surface area contributed by atoms with Gasteiger partial charge in [-0.1, -0.05) is 23.4 Å². The number of fused-ring (bicyclic) bond motifs is 1. The van der Waals surface area contributed by atoms with Crippen molar-refractivity contribution in [3.8, 4) is 17.3 Å². The van der Waals surface area contributed by atoms with E-state index in [1.807, 2.05) is 30.3 Å². The van der Waals surface area contributed by atoms with Crippen LogP contribution in [0.2, 0.25) is 0 Å². The van der Waals surface area contributed by atoms with E-state index in [1.54, 1.807) is 7.11 Å². The summed E-state index contributed by atoms with van der Waals surface area (Å²) in [6, 6.07) is 9.64. The van der Waals surface area contributed by atoms with Crippen molar-refractivity contribution < 1.29 is 14.0 Å². The van der Waals surface area contributed by atoms with Crippen molar-refractivity contribution in [2.75, 3.05) is 20.3 Å². The topological polar surface area (TPSA) is 70.3 Å². The zero-order valence-electron chi connectivity index (χ0n) is 12.2. The van der Waals surface area contributed by atoms with Crippen LogP contribution in [0.5, 0.6) is 5.88 Å². The van der Waals surface area contributed by atoms with Crippen molar-refractivity contribution in [3.05, 3.63) is 36.2 Å². The second-order valence-electron chi connectivity index (χ2n) is 5.25. The lowest BCUT2D eigenvalue weighted by molar-refractivity contribution is 0.192. The summed E-state index contributed by atoms with van der Waals surface area (Å²) in [6.07, 6.45) is 0.930. The number of hydrogen-bond donors (Lipinski definition) is 0. The van der Waals surface area contributed by atoms with Gasteiger partial charge in [-0.25, -0.2) is 4.98 Å². The third-order valence-electron chi connectivity index (χ3n) is 3.87. The second kappa shape index (κ2) is 5.38. The highest BCUT2D eigenvalue weighted by atomic mass is 16.5. The van der Waals surface area contributed by atoms with E-state index in [9.17, 15) is 0 Å². The van der Waals surface area contributed by atoms with E-state index < -0.39 is 0 Å². The van der Waals surface area contributed by atoms with Crippen molar-refractivity contribution in [3.63, 3.8) is 0 Å². The van der Waals surface area contributed by atoms with Gasteiger partial charge in [-0.2, -0.15) is 4.98 Å². The molecule has 0 amide bonds. The zero-order valence-corrected chi connectivity index (χ0v) is 12.2. The molecule has 6 heteroatoms. The van der Waals surface area contributed by atoms with Gasteiger partial charge in [-0.15, -0.1) is 0 Å². The van der Waals surface area contributed by atoms with Crippen molar-refractivity contribution in [2.45, 2.75) is 12.3 Å². The van der Waals surface area contributed by atoms with Gasteiger partial charge in [0, 0.05) is 24.0 Å².